The fourth-order valence-corrected chi connectivity index (χ4v) is 3.01. The summed E-state index contributed by atoms with van der Waals surface area (Å²) in [6.07, 6.45) is -1.06. The van der Waals surface area contributed by atoms with Crippen LogP contribution in [0.5, 0.6) is 5.75 Å². The summed E-state index contributed by atoms with van der Waals surface area (Å²) in [4.78, 5) is 12.7. The fourth-order valence-electron chi connectivity index (χ4n) is 3.01. The van der Waals surface area contributed by atoms with Crippen LogP contribution in [0, 0.1) is 0 Å². The predicted molar refractivity (Wildman–Crippen MR) is 91.2 cm³/mol. The Labute approximate surface area is 148 Å². The molecule has 1 saturated heterocycles. The van der Waals surface area contributed by atoms with Crippen molar-refractivity contribution in [3.63, 3.8) is 0 Å². The lowest BCUT2D eigenvalue weighted by Gasteiger charge is -2.25. The minimum absolute atomic E-state index is 0. The second-order valence-corrected chi connectivity index (χ2v) is 5.86. The maximum absolute atomic E-state index is 12.7. The number of hydrogen-bond acceptors (Lipinski definition) is 3. The molecule has 2 aromatic rings. The van der Waals surface area contributed by atoms with E-state index in [1.54, 1.807) is 16.8 Å². The minimum Gasteiger partial charge on any atom is -0.507 e. The lowest BCUT2D eigenvalue weighted by atomic mass is 10.0. The van der Waals surface area contributed by atoms with Crippen molar-refractivity contribution in [2.45, 2.75) is 25.1 Å². The number of rotatable bonds is 2. The van der Waals surface area contributed by atoms with Gasteiger partial charge in [0, 0.05) is 24.3 Å². The zero-order valence-electron chi connectivity index (χ0n) is 13.2. The van der Waals surface area contributed by atoms with E-state index in [4.69, 9.17) is 0 Å². The molecule has 2 N–H and O–H groups in total. The molecule has 4 nitrogen and oxygen atoms in total. The summed E-state index contributed by atoms with van der Waals surface area (Å²) < 4.78 is 39.7. The number of benzene rings is 1. The number of aromatic nitrogens is 1. The highest BCUT2D eigenvalue weighted by molar-refractivity contribution is 5.85. The molecule has 0 amide bonds. The van der Waals surface area contributed by atoms with Crippen LogP contribution in [-0.4, -0.2) is 22.8 Å². The van der Waals surface area contributed by atoms with E-state index in [1.807, 2.05) is 0 Å². The van der Waals surface area contributed by atoms with Crippen molar-refractivity contribution in [1.82, 2.24) is 9.88 Å². The molecule has 1 aliphatic rings. The van der Waals surface area contributed by atoms with E-state index < -0.39 is 17.5 Å². The van der Waals surface area contributed by atoms with E-state index in [-0.39, 0.29) is 35.1 Å². The number of pyridine rings is 1. The summed E-state index contributed by atoms with van der Waals surface area (Å²) in [7, 11) is 0. The Balaban J connectivity index is 0.00000225. The molecular weight excluding hydrogens is 357 g/mol. The zero-order chi connectivity index (χ0) is 17.3. The molecule has 0 radical (unpaired) electrons. The van der Waals surface area contributed by atoms with Crippen molar-refractivity contribution < 1.29 is 18.3 Å². The van der Waals surface area contributed by atoms with E-state index in [9.17, 15) is 23.1 Å². The first-order valence-electron chi connectivity index (χ1n) is 7.70. The lowest BCUT2D eigenvalue weighted by Crippen LogP contribution is -2.36. The Morgan fingerprint density at radius 1 is 1.20 bits per heavy atom. The van der Waals surface area contributed by atoms with Crippen LogP contribution in [0.4, 0.5) is 13.2 Å². The zero-order valence-corrected chi connectivity index (χ0v) is 14.0. The third-order valence-corrected chi connectivity index (χ3v) is 4.25. The number of hydrogen-bond donors (Lipinski definition) is 2. The SMILES string of the molecule is Cl.O=c1c(-c2ccc(C(F)(F)F)cc2O)cccn1C1CCCNC1. The number of nitrogens with zero attached hydrogens (tertiary/aromatic N) is 1. The van der Waals surface area contributed by atoms with Crippen LogP contribution in [0.15, 0.2) is 41.3 Å². The number of alkyl halides is 3. The Bertz CT molecular complexity index is 799. The molecule has 1 aromatic heterocycles. The number of nitrogens with one attached hydrogen (secondary N) is 1. The molecule has 25 heavy (non-hydrogen) atoms. The van der Waals surface area contributed by atoms with Crippen LogP contribution < -0.4 is 10.9 Å². The second kappa shape index (κ2) is 7.49. The molecule has 3 rings (SSSR count). The van der Waals surface area contributed by atoms with E-state index in [0.29, 0.717) is 12.6 Å². The second-order valence-electron chi connectivity index (χ2n) is 5.86. The van der Waals surface area contributed by atoms with Gasteiger partial charge in [0.25, 0.3) is 5.56 Å². The summed E-state index contributed by atoms with van der Waals surface area (Å²) in [6.45, 7) is 1.58. The molecule has 136 valence electrons. The standard InChI is InChI=1S/C17H17F3N2O2.ClH/c18-17(19,20)11-5-6-13(15(23)9-11)14-4-2-8-22(16(14)24)12-3-1-7-21-10-12;/h2,4-6,8-9,12,21,23H,1,3,7,10H2;1H. The predicted octanol–water partition coefficient (Wildman–Crippen LogP) is 3.59. The van der Waals surface area contributed by atoms with Crippen LogP contribution in [0.1, 0.15) is 24.4 Å². The lowest BCUT2D eigenvalue weighted by molar-refractivity contribution is -0.137. The molecule has 0 bridgehead atoms. The van der Waals surface area contributed by atoms with Gasteiger partial charge in [0.15, 0.2) is 0 Å². The molecule has 1 aliphatic heterocycles. The van der Waals surface area contributed by atoms with Gasteiger partial charge in [-0.15, -0.1) is 12.4 Å². The van der Waals surface area contributed by atoms with E-state index in [2.05, 4.69) is 5.32 Å². The molecule has 0 spiro atoms. The Morgan fingerprint density at radius 3 is 2.56 bits per heavy atom. The highest BCUT2D eigenvalue weighted by Crippen LogP contribution is 2.35. The Hall–Kier alpha value is -1.99. The van der Waals surface area contributed by atoms with Crippen molar-refractivity contribution in [3.05, 3.63) is 52.4 Å². The fraction of sp³-hybridized carbons (Fsp3) is 0.353. The van der Waals surface area contributed by atoms with Gasteiger partial charge in [0.1, 0.15) is 5.75 Å². The molecule has 1 fully saturated rings. The van der Waals surface area contributed by atoms with Crippen LogP contribution in [0.2, 0.25) is 0 Å². The average Bonchev–Trinajstić information content (AvgIpc) is 2.55. The summed E-state index contributed by atoms with van der Waals surface area (Å²) >= 11 is 0. The average molecular weight is 375 g/mol. The van der Waals surface area contributed by atoms with Crippen molar-refractivity contribution in [2.24, 2.45) is 0 Å². The third kappa shape index (κ3) is 3.99. The Kier molecular flexibility index (Phi) is 5.80. The first-order valence-corrected chi connectivity index (χ1v) is 7.70. The number of aromatic hydroxyl groups is 1. The quantitative estimate of drug-likeness (QED) is 0.844. The largest absolute Gasteiger partial charge is 0.507 e. The maximum Gasteiger partial charge on any atom is 0.416 e. The van der Waals surface area contributed by atoms with Gasteiger partial charge in [-0.05, 0) is 49.7 Å². The normalized spacial score (nSPS) is 17.8. The minimum atomic E-state index is -4.54. The van der Waals surface area contributed by atoms with E-state index in [1.165, 1.54) is 6.07 Å². The van der Waals surface area contributed by atoms with Crippen molar-refractivity contribution >= 4 is 12.4 Å². The number of halogens is 4. The maximum atomic E-state index is 12.7. The molecule has 1 unspecified atom stereocenters. The van der Waals surface area contributed by atoms with Gasteiger partial charge in [-0.2, -0.15) is 13.2 Å². The first-order chi connectivity index (χ1) is 11.4. The molecule has 2 heterocycles. The highest BCUT2D eigenvalue weighted by Gasteiger charge is 2.31. The van der Waals surface area contributed by atoms with Gasteiger partial charge >= 0.3 is 6.18 Å². The highest BCUT2D eigenvalue weighted by atomic mass is 35.5. The number of phenols is 1. The third-order valence-electron chi connectivity index (χ3n) is 4.25. The molecule has 8 heteroatoms. The molecule has 1 atom stereocenters. The Morgan fingerprint density at radius 2 is 1.96 bits per heavy atom. The molecule has 0 saturated carbocycles. The van der Waals surface area contributed by atoms with Crippen LogP contribution >= 0.6 is 12.4 Å². The summed E-state index contributed by atoms with van der Waals surface area (Å²) in [5.74, 6) is -0.554. The molecule has 0 aliphatic carbocycles. The smallest absolute Gasteiger partial charge is 0.416 e. The van der Waals surface area contributed by atoms with Crippen molar-refractivity contribution in [3.8, 4) is 16.9 Å². The van der Waals surface area contributed by atoms with E-state index in [0.717, 1.165) is 31.5 Å². The van der Waals surface area contributed by atoms with Gasteiger partial charge in [-0.3, -0.25) is 4.79 Å². The van der Waals surface area contributed by atoms with Gasteiger partial charge in [0.2, 0.25) is 0 Å². The van der Waals surface area contributed by atoms with E-state index >= 15 is 0 Å². The molecular formula is C17H18ClF3N2O2. The van der Waals surface area contributed by atoms with Gasteiger partial charge < -0.3 is 15.0 Å². The molecule has 1 aromatic carbocycles. The number of piperidine rings is 1. The summed E-state index contributed by atoms with van der Waals surface area (Å²) in [6, 6.07) is 5.84. The topological polar surface area (TPSA) is 54.3 Å². The van der Waals surface area contributed by atoms with Crippen molar-refractivity contribution in [2.75, 3.05) is 13.1 Å². The summed E-state index contributed by atoms with van der Waals surface area (Å²) in [5.41, 5.74) is -0.974. The summed E-state index contributed by atoms with van der Waals surface area (Å²) in [5, 5.41) is 13.2. The number of phenolic OH excluding ortho intramolecular Hbond substituents is 1. The monoisotopic (exact) mass is 374 g/mol. The first kappa shape index (κ1) is 19.3. The van der Waals surface area contributed by atoms with Crippen molar-refractivity contribution in [1.29, 1.82) is 0 Å². The van der Waals surface area contributed by atoms with Gasteiger partial charge in [-0.25, -0.2) is 0 Å². The van der Waals surface area contributed by atoms with Gasteiger partial charge in [-0.1, -0.05) is 0 Å². The van der Waals surface area contributed by atoms with Crippen LogP contribution in [0.25, 0.3) is 11.1 Å². The van der Waals surface area contributed by atoms with Crippen LogP contribution in [-0.2, 0) is 6.18 Å². The van der Waals surface area contributed by atoms with Crippen LogP contribution in [0.3, 0.4) is 0 Å². The van der Waals surface area contributed by atoms with Gasteiger partial charge in [0.05, 0.1) is 11.1 Å².